The lowest BCUT2D eigenvalue weighted by molar-refractivity contribution is 0.341. The number of halogens is 1. The summed E-state index contributed by atoms with van der Waals surface area (Å²) in [6, 6.07) is 0. The van der Waals surface area contributed by atoms with Gasteiger partial charge in [0, 0.05) is 30.9 Å². The maximum absolute atomic E-state index is 12.0. The normalized spacial score (nSPS) is 23.2. The van der Waals surface area contributed by atoms with Gasteiger partial charge < -0.3 is 9.88 Å². The molecule has 94 valence electrons. The molecule has 1 aromatic heterocycles. The van der Waals surface area contributed by atoms with Crippen molar-refractivity contribution in [1.82, 2.24) is 9.55 Å². The predicted octanol–water partition coefficient (Wildman–Crippen LogP) is 2.08. The molecule has 1 heterocycles. The zero-order valence-corrected chi connectivity index (χ0v) is 10.8. The average molecular weight is 256 g/mol. The molecule has 0 aliphatic heterocycles. The predicted molar refractivity (Wildman–Crippen MR) is 69.6 cm³/mol. The van der Waals surface area contributed by atoms with Crippen LogP contribution in [0.15, 0.2) is 17.2 Å². The van der Waals surface area contributed by atoms with Crippen LogP contribution in [0.1, 0.15) is 26.2 Å². The average Bonchev–Trinajstić information content (AvgIpc) is 2.27. The molecule has 1 aliphatic carbocycles. The fraction of sp³-hybridized carbons (Fsp3) is 0.667. The molecule has 5 heteroatoms. The van der Waals surface area contributed by atoms with E-state index < -0.39 is 0 Å². The Balaban J connectivity index is 1.96. The number of aryl methyl sites for hydroxylation is 1. The van der Waals surface area contributed by atoms with Crippen molar-refractivity contribution in [2.24, 2.45) is 5.92 Å². The zero-order chi connectivity index (χ0) is 12.3. The van der Waals surface area contributed by atoms with Gasteiger partial charge in [0.05, 0.1) is 0 Å². The summed E-state index contributed by atoms with van der Waals surface area (Å²) in [5.74, 6) is 1.04. The van der Waals surface area contributed by atoms with E-state index in [1.807, 2.05) is 0 Å². The van der Waals surface area contributed by atoms with Crippen molar-refractivity contribution in [1.29, 1.82) is 0 Å². The number of hydrogen-bond donors (Lipinski definition) is 1. The number of nitrogens with one attached hydrogen (secondary N) is 1. The maximum atomic E-state index is 12.0. The fourth-order valence-corrected chi connectivity index (χ4v) is 2.55. The molecule has 0 unspecified atom stereocenters. The summed E-state index contributed by atoms with van der Waals surface area (Å²) in [5.41, 5.74) is -0.0314. The molecule has 1 saturated carbocycles. The van der Waals surface area contributed by atoms with E-state index in [9.17, 15) is 4.79 Å². The SMILES string of the molecule is CCCn1ccnc(NCC2CC(Cl)C2)c1=O. The standard InChI is InChI=1S/C12H18ClN3O/c1-2-4-16-5-3-14-11(12(16)17)15-8-9-6-10(13)7-9/h3,5,9-10H,2,4,6-8H2,1H3,(H,14,15). The topological polar surface area (TPSA) is 46.9 Å². The third kappa shape index (κ3) is 3.00. The van der Waals surface area contributed by atoms with Gasteiger partial charge in [-0.3, -0.25) is 4.79 Å². The van der Waals surface area contributed by atoms with Crippen LogP contribution in [0.25, 0.3) is 0 Å². The van der Waals surface area contributed by atoms with Gasteiger partial charge in [0.2, 0.25) is 0 Å². The van der Waals surface area contributed by atoms with Crippen LogP contribution >= 0.6 is 11.6 Å². The summed E-state index contributed by atoms with van der Waals surface area (Å²) >= 11 is 5.91. The Kier molecular flexibility index (Phi) is 4.05. The minimum Gasteiger partial charge on any atom is -0.365 e. The zero-order valence-electron chi connectivity index (χ0n) is 10.0. The molecule has 0 spiro atoms. The first kappa shape index (κ1) is 12.4. The highest BCUT2D eigenvalue weighted by atomic mass is 35.5. The van der Waals surface area contributed by atoms with Gasteiger partial charge >= 0.3 is 0 Å². The van der Waals surface area contributed by atoms with Crippen LogP contribution in [0.2, 0.25) is 0 Å². The first-order valence-electron chi connectivity index (χ1n) is 6.14. The Morgan fingerprint density at radius 2 is 2.35 bits per heavy atom. The van der Waals surface area contributed by atoms with E-state index in [-0.39, 0.29) is 5.56 Å². The summed E-state index contributed by atoms with van der Waals surface area (Å²) in [7, 11) is 0. The summed E-state index contributed by atoms with van der Waals surface area (Å²) in [6.45, 7) is 3.58. The molecule has 1 fully saturated rings. The highest BCUT2D eigenvalue weighted by Gasteiger charge is 2.26. The number of rotatable bonds is 5. The maximum Gasteiger partial charge on any atom is 0.293 e. The van der Waals surface area contributed by atoms with Gasteiger partial charge in [-0.05, 0) is 25.2 Å². The highest BCUT2D eigenvalue weighted by Crippen LogP contribution is 2.31. The summed E-state index contributed by atoms with van der Waals surface area (Å²) in [4.78, 5) is 16.0. The number of aromatic nitrogens is 2. The van der Waals surface area contributed by atoms with Crippen molar-refractivity contribution < 1.29 is 0 Å². The molecule has 1 aliphatic rings. The smallest absolute Gasteiger partial charge is 0.293 e. The van der Waals surface area contributed by atoms with Crippen LogP contribution in [0, 0.1) is 5.92 Å². The Morgan fingerprint density at radius 1 is 1.59 bits per heavy atom. The lowest BCUT2D eigenvalue weighted by Gasteiger charge is -2.30. The third-order valence-corrected chi connectivity index (χ3v) is 3.47. The van der Waals surface area contributed by atoms with Crippen molar-refractivity contribution in [3.8, 4) is 0 Å². The number of anilines is 1. The van der Waals surface area contributed by atoms with Crippen molar-refractivity contribution >= 4 is 17.4 Å². The second-order valence-electron chi connectivity index (χ2n) is 4.59. The van der Waals surface area contributed by atoms with Gasteiger partial charge in [-0.15, -0.1) is 11.6 Å². The van der Waals surface area contributed by atoms with Gasteiger partial charge in [-0.25, -0.2) is 4.98 Å². The lowest BCUT2D eigenvalue weighted by atomic mass is 9.85. The van der Waals surface area contributed by atoms with E-state index in [1.165, 1.54) is 0 Å². The van der Waals surface area contributed by atoms with E-state index in [2.05, 4.69) is 17.2 Å². The van der Waals surface area contributed by atoms with E-state index in [1.54, 1.807) is 17.0 Å². The summed E-state index contributed by atoms with van der Waals surface area (Å²) in [6.07, 6.45) is 6.41. The molecule has 1 N–H and O–H groups in total. The lowest BCUT2D eigenvalue weighted by Crippen LogP contribution is -2.32. The van der Waals surface area contributed by atoms with Crippen LogP contribution in [0.5, 0.6) is 0 Å². The van der Waals surface area contributed by atoms with Crippen LogP contribution < -0.4 is 10.9 Å². The monoisotopic (exact) mass is 255 g/mol. The van der Waals surface area contributed by atoms with E-state index >= 15 is 0 Å². The van der Waals surface area contributed by atoms with Gasteiger partial charge in [0.1, 0.15) is 0 Å². The first-order valence-corrected chi connectivity index (χ1v) is 6.57. The molecule has 0 aromatic carbocycles. The molecule has 2 rings (SSSR count). The van der Waals surface area contributed by atoms with E-state index in [0.29, 0.717) is 17.1 Å². The molecular weight excluding hydrogens is 238 g/mol. The van der Waals surface area contributed by atoms with Crippen molar-refractivity contribution in [2.75, 3.05) is 11.9 Å². The van der Waals surface area contributed by atoms with Crippen LogP contribution in [0.4, 0.5) is 5.82 Å². The molecule has 0 bridgehead atoms. The van der Waals surface area contributed by atoms with Crippen molar-refractivity contribution in [3.05, 3.63) is 22.7 Å². The van der Waals surface area contributed by atoms with E-state index in [0.717, 1.165) is 32.4 Å². The van der Waals surface area contributed by atoms with Crippen molar-refractivity contribution in [2.45, 2.75) is 38.1 Å². The fourth-order valence-electron chi connectivity index (χ4n) is 2.05. The third-order valence-electron chi connectivity index (χ3n) is 3.11. The Bertz CT molecular complexity index is 426. The van der Waals surface area contributed by atoms with Gasteiger partial charge in [-0.2, -0.15) is 0 Å². The van der Waals surface area contributed by atoms with Gasteiger partial charge in [0.15, 0.2) is 5.82 Å². The molecule has 17 heavy (non-hydrogen) atoms. The molecular formula is C12H18ClN3O. The molecule has 0 saturated heterocycles. The molecule has 0 amide bonds. The van der Waals surface area contributed by atoms with Crippen LogP contribution in [-0.4, -0.2) is 21.5 Å². The first-order chi connectivity index (χ1) is 8.20. The van der Waals surface area contributed by atoms with Gasteiger partial charge in [0.25, 0.3) is 5.56 Å². The number of hydrogen-bond acceptors (Lipinski definition) is 3. The number of nitrogens with zero attached hydrogens (tertiary/aromatic N) is 2. The molecule has 1 aromatic rings. The highest BCUT2D eigenvalue weighted by molar-refractivity contribution is 6.21. The molecule has 0 atom stereocenters. The molecule has 0 radical (unpaired) electrons. The minimum atomic E-state index is -0.0314. The second-order valence-corrected chi connectivity index (χ2v) is 5.21. The largest absolute Gasteiger partial charge is 0.365 e. The number of alkyl halides is 1. The minimum absolute atomic E-state index is 0.0314. The molecule has 4 nitrogen and oxygen atoms in total. The van der Waals surface area contributed by atoms with Gasteiger partial charge in [-0.1, -0.05) is 6.92 Å². The second kappa shape index (κ2) is 5.54. The van der Waals surface area contributed by atoms with Crippen LogP contribution in [0.3, 0.4) is 0 Å². The van der Waals surface area contributed by atoms with Crippen LogP contribution in [-0.2, 0) is 6.54 Å². The quantitative estimate of drug-likeness (QED) is 0.820. The van der Waals surface area contributed by atoms with Crippen molar-refractivity contribution in [3.63, 3.8) is 0 Å². The Morgan fingerprint density at radius 3 is 3.00 bits per heavy atom. The Labute approximate surface area is 106 Å². The van der Waals surface area contributed by atoms with E-state index in [4.69, 9.17) is 11.6 Å². The summed E-state index contributed by atoms with van der Waals surface area (Å²) in [5, 5.41) is 3.45. The summed E-state index contributed by atoms with van der Waals surface area (Å²) < 4.78 is 1.69. The Hall–Kier alpha value is -1.03.